The molecule has 2 heterocycles. The maximum atomic E-state index is 13.0. The third kappa shape index (κ3) is 4.00. The van der Waals surface area contributed by atoms with Gasteiger partial charge in [0.05, 0.1) is 18.2 Å². The second-order valence-corrected chi connectivity index (χ2v) is 7.37. The van der Waals surface area contributed by atoms with E-state index in [1.165, 1.54) is 17.5 Å². The number of imide groups is 1. The van der Waals surface area contributed by atoms with Gasteiger partial charge in [-0.1, -0.05) is 18.2 Å². The highest BCUT2D eigenvalue weighted by Gasteiger charge is 2.43. The number of piperazine rings is 1. The van der Waals surface area contributed by atoms with E-state index in [-0.39, 0.29) is 24.1 Å². The van der Waals surface area contributed by atoms with Crippen molar-refractivity contribution in [2.24, 2.45) is 0 Å². The second-order valence-electron chi connectivity index (χ2n) is 7.37. The van der Waals surface area contributed by atoms with Crippen LogP contribution in [0.5, 0.6) is 0 Å². The summed E-state index contributed by atoms with van der Waals surface area (Å²) in [5.41, 5.74) is 2.36. The number of rotatable bonds is 4. The molecule has 2 fully saturated rings. The summed E-state index contributed by atoms with van der Waals surface area (Å²) in [6.07, 6.45) is 0.206. The van der Waals surface area contributed by atoms with Gasteiger partial charge >= 0.3 is 0 Å². The molecule has 4 rings (SSSR count). The highest BCUT2D eigenvalue weighted by Crippen LogP contribution is 2.28. The maximum absolute atomic E-state index is 13.0. The fraction of sp³-hybridized carbons (Fsp3) is 0.318. The summed E-state index contributed by atoms with van der Waals surface area (Å²) < 4.78 is 0. The molecule has 2 aliphatic rings. The normalized spacial score (nSPS) is 20.2. The van der Waals surface area contributed by atoms with Crippen LogP contribution in [0.15, 0.2) is 54.6 Å². The molecule has 0 spiro atoms. The van der Waals surface area contributed by atoms with Gasteiger partial charge in [-0.3, -0.25) is 19.3 Å². The Hall–Kier alpha value is -3.19. The van der Waals surface area contributed by atoms with Crippen molar-refractivity contribution in [3.63, 3.8) is 0 Å². The van der Waals surface area contributed by atoms with Crippen molar-refractivity contribution in [3.8, 4) is 0 Å². The zero-order valence-electron chi connectivity index (χ0n) is 16.4. The number of hydrogen-bond donors (Lipinski definition) is 1. The van der Waals surface area contributed by atoms with Crippen LogP contribution < -0.4 is 15.1 Å². The first-order valence-electron chi connectivity index (χ1n) is 9.81. The van der Waals surface area contributed by atoms with E-state index < -0.39 is 6.04 Å². The van der Waals surface area contributed by atoms with Crippen molar-refractivity contribution in [2.75, 3.05) is 41.3 Å². The van der Waals surface area contributed by atoms with E-state index in [1.54, 1.807) is 24.3 Å². The van der Waals surface area contributed by atoms with Crippen molar-refractivity contribution in [1.29, 1.82) is 0 Å². The SMILES string of the molecule is CC(=O)Nc1ccc(N2C(=O)C[C@H](N3CCN(c4ccccc4)CC3)C2=O)cc1. The lowest BCUT2D eigenvalue weighted by molar-refractivity contribution is -0.123. The highest BCUT2D eigenvalue weighted by atomic mass is 16.2. The maximum Gasteiger partial charge on any atom is 0.251 e. The molecule has 2 aromatic rings. The van der Waals surface area contributed by atoms with Crippen LogP contribution in [0.25, 0.3) is 0 Å². The zero-order chi connectivity index (χ0) is 20.4. The van der Waals surface area contributed by atoms with Gasteiger partial charge in [0.2, 0.25) is 11.8 Å². The average molecular weight is 392 g/mol. The van der Waals surface area contributed by atoms with Crippen molar-refractivity contribution < 1.29 is 14.4 Å². The molecule has 0 radical (unpaired) electrons. The van der Waals surface area contributed by atoms with Gasteiger partial charge in [-0.05, 0) is 36.4 Å². The highest BCUT2D eigenvalue weighted by molar-refractivity contribution is 6.22. The fourth-order valence-corrected chi connectivity index (χ4v) is 4.00. The summed E-state index contributed by atoms with van der Waals surface area (Å²) in [6, 6.07) is 16.6. The number of para-hydroxylation sites is 1. The second kappa shape index (κ2) is 8.05. The summed E-state index contributed by atoms with van der Waals surface area (Å²) in [5, 5.41) is 2.68. The van der Waals surface area contributed by atoms with Gasteiger partial charge < -0.3 is 10.2 Å². The number of amides is 3. The third-order valence-electron chi connectivity index (χ3n) is 5.45. The quantitative estimate of drug-likeness (QED) is 0.807. The van der Waals surface area contributed by atoms with Crippen molar-refractivity contribution in [1.82, 2.24) is 4.90 Å². The summed E-state index contributed by atoms with van der Waals surface area (Å²) in [4.78, 5) is 42.4. The number of carbonyl (C=O) groups excluding carboxylic acids is 3. The zero-order valence-corrected chi connectivity index (χ0v) is 16.4. The Morgan fingerprint density at radius 1 is 0.897 bits per heavy atom. The Morgan fingerprint density at radius 2 is 1.55 bits per heavy atom. The van der Waals surface area contributed by atoms with Crippen LogP contribution in [0.4, 0.5) is 17.1 Å². The van der Waals surface area contributed by atoms with E-state index in [0.717, 1.165) is 26.2 Å². The number of anilines is 3. The summed E-state index contributed by atoms with van der Waals surface area (Å²) in [5.74, 6) is -0.519. The van der Waals surface area contributed by atoms with Crippen LogP contribution in [-0.2, 0) is 14.4 Å². The first-order valence-corrected chi connectivity index (χ1v) is 9.81. The van der Waals surface area contributed by atoms with Crippen LogP contribution in [0.2, 0.25) is 0 Å². The molecular formula is C22H24N4O3. The van der Waals surface area contributed by atoms with Crippen LogP contribution in [0.3, 0.4) is 0 Å². The molecule has 0 unspecified atom stereocenters. The third-order valence-corrected chi connectivity index (χ3v) is 5.45. The van der Waals surface area contributed by atoms with E-state index in [4.69, 9.17) is 0 Å². The van der Waals surface area contributed by atoms with Crippen molar-refractivity contribution in [3.05, 3.63) is 54.6 Å². The van der Waals surface area contributed by atoms with Gasteiger partial charge in [0.1, 0.15) is 0 Å². The van der Waals surface area contributed by atoms with Crippen molar-refractivity contribution in [2.45, 2.75) is 19.4 Å². The molecule has 3 amide bonds. The molecule has 0 bridgehead atoms. The van der Waals surface area contributed by atoms with Crippen molar-refractivity contribution >= 4 is 34.8 Å². The Bertz CT molecular complexity index is 905. The average Bonchev–Trinajstić information content (AvgIpc) is 3.03. The molecule has 150 valence electrons. The molecule has 7 nitrogen and oxygen atoms in total. The van der Waals surface area contributed by atoms with E-state index >= 15 is 0 Å². The number of benzene rings is 2. The van der Waals surface area contributed by atoms with Gasteiger partial charge in [-0.15, -0.1) is 0 Å². The molecular weight excluding hydrogens is 368 g/mol. The molecule has 2 aromatic carbocycles. The van der Waals surface area contributed by atoms with E-state index in [2.05, 4.69) is 27.2 Å². The van der Waals surface area contributed by atoms with Gasteiger partial charge in [-0.25, -0.2) is 4.90 Å². The summed E-state index contributed by atoms with van der Waals surface area (Å²) in [6.45, 7) is 4.58. The first kappa shape index (κ1) is 19.1. The Labute approximate surface area is 169 Å². The number of hydrogen-bond acceptors (Lipinski definition) is 5. The van der Waals surface area contributed by atoms with Crippen LogP contribution in [0.1, 0.15) is 13.3 Å². The molecule has 0 aliphatic carbocycles. The molecule has 0 aromatic heterocycles. The lowest BCUT2D eigenvalue weighted by Crippen LogP contribution is -2.52. The predicted octanol–water partition coefficient (Wildman–Crippen LogP) is 2.10. The van der Waals surface area contributed by atoms with Crippen LogP contribution in [-0.4, -0.2) is 54.8 Å². The Morgan fingerprint density at radius 3 is 2.17 bits per heavy atom. The fourth-order valence-electron chi connectivity index (χ4n) is 4.00. The molecule has 1 atom stereocenters. The van der Waals surface area contributed by atoms with E-state index in [0.29, 0.717) is 11.4 Å². The van der Waals surface area contributed by atoms with E-state index in [1.807, 2.05) is 18.2 Å². The lowest BCUT2D eigenvalue weighted by Gasteiger charge is -2.38. The Balaban J connectivity index is 1.41. The van der Waals surface area contributed by atoms with Gasteiger partial charge in [-0.2, -0.15) is 0 Å². The first-order chi connectivity index (χ1) is 14.0. The molecule has 2 saturated heterocycles. The van der Waals surface area contributed by atoms with Gasteiger partial charge in [0.25, 0.3) is 5.91 Å². The predicted molar refractivity (Wildman–Crippen MR) is 112 cm³/mol. The van der Waals surface area contributed by atoms with Gasteiger partial charge in [0, 0.05) is 44.5 Å². The molecule has 0 saturated carbocycles. The largest absolute Gasteiger partial charge is 0.369 e. The number of nitrogens with one attached hydrogen (secondary N) is 1. The number of carbonyl (C=O) groups is 3. The molecule has 29 heavy (non-hydrogen) atoms. The molecule has 1 N–H and O–H groups in total. The molecule has 2 aliphatic heterocycles. The minimum Gasteiger partial charge on any atom is -0.369 e. The smallest absolute Gasteiger partial charge is 0.251 e. The molecule has 7 heteroatoms. The minimum atomic E-state index is -0.407. The van der Waals surface area contributed by atoms with Gasteiger partial charge in [0.15, 0.2) is 0 Å². The van der Waals surface area contributed by atoms with Crippen LogP contribution in [0, 0.1) is 0 Å². The van der Waals surface area contributed by atoms with Crippen LogP contribution >= 0.6 is 0 Å². The minimum absolute atomic E-state index is 0.166. The topological polar surface area (TPSA) is 73.0 Å². The lowest BCUT2D eigenvalue weighted by atomic mass is 10.1. The monoisotopic (exact) mass is 392 g/mol. The van der Waals surface area contributed by atoms with E-state index in [9.17, 15) is 14.4 Å². The summed E-state index contributed by atoms with van der Waals surface area (Å²) >= 11 is 0. The Kier molecular flexibility index (Phi) is 5.31. The number of nitrogens with zero attached hydrogens (tertiary/aromatic N) is 3. The summed E-state index contributed by atoms with van der Waals surface area (Å²) in [7, 11) is 0. The standard InChI is InChI=1S/C22H24N4O3/c1-16(27)23-17-7-9-19(10-8-17)26-21(28)15-20(22(26)29)25-13-11-24(12-14-25)18-5-3-2-4-6-18/h2-10,20H,11-15H2,1H3,(H,23,27)/t20-/m0/s1.